The Morgan fingerprint density at radius 2 is 1.72 bits per heavy atom. The summed E-state index contributed by atoms with van der Waals surface area (Å²) in [6.45, 7) is 10.2. The number of amides is 1. The summed E-state index contributed by atoms with van der Waals surface area (Å²) in [5.74, 6) is 3.28. The number of oxime groups is 1. The lowest BCUT2D eigenvalue weighted by atomic mass is 9.44. The fourth-order valence-electron chi connectivity index (χ4n) is 9.32. The number of hydrogen-bond acceptors (Lipinski definition) is 6. The van der Waals surface area contributed by atoms with Gasteiger partial charge in [0.2, 0.25) is 0 Å². The van der Waals surface area contributed by atoms with Crippen LogP contribution >= 0.6 is 0 Å². The highest BCUT2D eigenvalue weighted by Crippen LogP contribution is 2.67. The zero-order chi connectivity index (χ0) is 28.4. The summed E-state index contributed by atoms with van der Waals surface area (Å²) in [5, 5.41) is 27.6. The van der Waals surface area contributed by atoms with Gasteiger partial charge in [-0.3, -0.25) is 4.84 Å². The number of carbonyl (C=O) groups is 1. The van der Waals surface area contributed by atoms with E-state index in [1.165, 1.54) is 38.5 Å². The van der Waals surface area contributed by atoms with Crippen molar-refractivity contribution in [3.8, 4) is 0 Å². The maximum absolute atomic E-state index is 12.9. The molecule has 4 saturated carbocycles. The van der Waals surface area contributed by atoms with Gasteiger partial charge < -0.3 is 24.9 Å². The van der Waals surface area contributed by atoms with Gasteiger partial charge >= 0.3 is 6.09 Å². The Morgan fingerprint density at radius 1 is 1.00 bits per heavy atom. The molecule has 0 aromatic rings. The fourth-order valence-corrected chi connectivity index (χ4v) is 9.32. The number of rotatable bonds is 10. The predicted molar refractivity (Wildman–Crippen MR) is 155 cm³/mol. The van der Waals surface area contributed by atoms with Crippen molar-refractivity contribution < 1.29 is 24.3 Å². The van der Waals surface area contributed by atoms with Crippen LogP contribution in [0.25, 0.3) is 0 Å². The first-order chi connectivity index (χ1) is 18.4. The van der Waals surface area contributed by atoms with E-state index in [-0.39, 0.29) is 24.7 Å². The first-order valence-corrected chi connectivity index (χ1v) is 15.7. The number of likely N-dealkylation sites (N-methyl/N-ethyl adjacent to an activating group) is 1. The first-order valence-electron chi connectivity index (χ1n) is 15.7. The topological polar surface area (TPSA) is 94.4 Å². The van der Waals surface area contributed by atoms with Crippen LogP contribution in [0.4, 0.5) is 4.79 Å². The van der Waals surface area contributed by atoms with Crippen molar-refractivity contribution in [1.29, 1.82) is 0 Å². The second kappa shape index (κ2) is 12.3. The molecule has 0 heterocycles. The molecular weight excluding hydrogens is 492 g/mol. The van der Waals surface area contributed by atoms with Crippen LogP contribution in [0.1, 0.15) is 78.6 Å². The quantitative estimate of drug-likeness (QED) is 0.125. The van der Waals surface area contributed by atoms with Crippen molar-refractivity contribution in [2.45, 2.75) is 84.7 Å². The molecule has 8 heteroatoms. The molecule has 8 atom stereocenters. The molecule has 4 fully saturated rings. The summed E-state index contributed by atoms with van der Waals surface area (Å²) in [7, 11) is 6.47. The van der Waals surface area contributed by atoms with Crippen LogP contribution in [-0.4, -0.2) is 98.0 Å². The Hall–Kier alpha value is -1.22. The predicted octanol–water partition coefficient (Wildman–Crippen LogP) is 4.11. The largest absolute Gasteiger partial charge is 0.436 e. The average Bonchev–Trinajstić information content (AvgIpc) is 3.23. The van der Waals surface area contributed by atoms with Crippen LogP contribution in [-0.2, 0) is 4.84 Å². The Bertz CT molecular complexity index is 875. The zero-order valence-corrected chi connectivity index (χ0v) is 25.6. The minimum absolute atomic E-state index is 0.0942. The van der Waals surface area contributed by atoms with Gasteiger partial charge in [-0.1, -0.05) is 19.0 Å². The number of carbonyl (C=O) groups excluding carboxylic acids is 1. The SMILES string of the molecule is C/C(=N\OC(=O)N(CCO)CCNCC[N+](C)(C)C)[C@H]1CC[C@H]2[C@@H]3CC[C@@H]4C[C@@H](O)CC[C@]4(C)[C@H]3CC[C@]12C. The van der Waals surface area contributed by atoms with Crippen molar-refractivity contribution in [2.75, 3.05) is 60.5 Å². The Labute approximate surface area is 237 Å². The van der Waals surface area contributed by atoms with Crippen LogP contribution in [0.3, 0.4) is 0 Å². The normalized spacial score (nSPS) is 38.5. The Kier molecular flexibility index (Phi) is 9.72. The smallest absolute Gasteiger partial charge is 0.395 e. The van der Waals surface area contributed by atoms with E-state index in [9.17, 15) is 15.0 Å². The fraction of sp³-hybridized carbons (Fsp3) is 0.935. The van der Waals surface area contributed by atoms with Crippen molar-refractivity contribution >= 4 is 11.8 Å². The minimum Gasteiger partial charge on any atom is -0.395 e. The molecule has 4 rings (SSSR count). The van der Waals surface area contributed by atoms with Gasteiger partial charge in [-0.25, -0.2) is 4.79 Å². The molecular formula is C31H57N4O4+. The molecule has 0 saturated heterocycles. The molecule has 0 aromatic heterocycles. The third-order valence-corrected chi connectivity index (χ3v) is 11.6. The lowest BCUT2D eigenvalue weighted by molar-refractivity contribution is -0.869. The van der Waals surface area contributed by atoms with Gasteiger partial charge in [0.05, 0.1) is 46.1 Å². The molecule has 1 amide bonds. The van der Waals surface area contributed by atoms with Crippen LogP contribution in [0.15, 0.2) is 5.16 Å². The number of nitrogens with zero attached hydrogens (tertiary/aromatic N) is 3. The average molecular weight is 550 g/mol. The third kappa shape index (κ3) is 6.65. The van der Waals surface area contributed by atoms with E-state index in [1.807, 2.05) is 6.92 Å². The highest BCUT2D eigenvalue weighted by atomic mass is 16.7. The summed E-state index contributed by atoms with van der Waals surface area (Å²) in [6, 6.07) is 0. The molecule has 0 radical (unpaired) electrons. The van der Waals surface area contributed by atoms with Gasteiger partial charge in [-0.05, 0) is 99.2 Å². The van der Waals surface area contributed by atoms with Crippen LogP contribution < -0.4 is 5.32 Å². The van der Waals surface area contributed by atoms with Gasteiger partial charge in [0, 0.05) is 32.1 Å². The maximum atomic E-state index is 12.9. The van der Waals surface area contributed by atoms with E-state index in [4.69, 9.17) is 4.84 Å². The second-order valence-electron chi connectivity index (χ2n) is 14.8. The van der Waals surface area contributed by atoms with Crippen molar-refractivity contribution in [3.05, 3.63) is 0 Å². The van der Waals surface area contributed by atoms with Crippen LogP contribution in [0.2, 0.25) is 0 Å². The van der Waals surface area contributed by atoms with Crippen molar-refractivity contribution in [2.24, 2.45) is 45.6 Å². The molecule has 4 aliphatic carbocycles. The van der Waals surface area contributed by atoms with E-state index in [0.29, 0.717) is 36.3 Å². The zero-order valence-electron chi connectivity index (χ0n) is 25.6. The van der Waals surface area contributed by atoms with Gasteiger partial charge in [0.25, 0.3) is 0 Å². The number of quaternary nitrogens is 1. The molecule has 0 aromatic carbocycles. The Morgan fingerprint density at radius 3 is 2.44 bits per heavy atom. The van der Waals surface area contributed by atoms with E-state index >= 15 is 0 Å². The maximum Gasteiger partial charge on any atom is 0.436 e. The molecule has 0 spiro atoms. The molecule has 8 nitrogen and oxygen atoms in total. The molecule has 0 aliphatic heterocycles. The number of aliphatic hydroxyl groups excluding tert-OH is 2. The molecule has 0 unspecified atom stereocenters. The van der Waals surface area contributed by atoms with E-state index in [0.717, 1.165) is 54.4 Å². The number of aliphatic hydroxyl groups is 2. The summed E-state index contributed by atoms with van der Waals surface area (Å²) in [6.07, 6.45) is 9.98. The minimum atomic E-state index is -0.481. The van der Waals surface area contributed by atoms with Crippen LogP contribution in [0.5, 0.6) is 0 Å². The van der Waals surface area contributed by atoms with Gasteiger partial charge in [0.15, 0.2) is 0 Å². The standard InChI is InChI=1S/C31H57N4O4/c1-22(33-39-29(38)34(18-20-36)17-15-32-16-19-35(4,5)6)26-9-10-27-25-8-7-23-21-24(37)11-13-30(23,2)28(25)12-14-31(26,27)3/h23-28,32,36-37H,7-21H2,1-6H3/q+1/b33-22+/t23-,24+,25+,26-,27+,28+,30+,31-/m1/s1. The van der Waals surface area contributed by atoms with Gasteiger partial charge in [-0.15, -0.1) is 0 Å². The monoisotopic (exact) mass is 549 g/mol. The van der Waals surface area contributed by atoms with E-state index < -0.39 is 6.09 Å². The van der Waals surface area contributed by atoms with Gasteiger partial charge in [0.1, 0.15) is 0 Å². The Balaban J connectivity index is 1.34. The van der Waals surface area contributed by atoms with Crippen molar-refractivity contribution in [3.63, 3.8) is 0 Å². The van der Waals surface area contributed by atoms with E-state index in [1.54, 1.807) is 4.90 Å². The summed E-state index contributed by atoms with van der Waals surface area (Å²) >= 11 is 0. The molecule has 39 heavy (non-hydrogen) atoms. The highest BCUT2D eigenvalue weighted by molar-refractivity contribution is 5.85. The summed E-state index contributed by atoms with van der Waals surface area (Å²) in [5.41, 5.74) is 1.54. The number of nitrogens with one attached hydrogen (secondary N) is 1. The molecule has 3 N–H and O–H groups in total. The number of fused-ring (bicyclic) bond motifs is 5. The third-order valence-electron chi connectivity index (χ3n) is 11.6. The second-order valence-corrected chi connectivity index (χ2v) is 14.8. The first kappa shape index (κ1) is 30.7. The summed E-state index contributed by atoms with van der Waals surface area (Å²) in [4.78, 5) is 19.9. The van der Waals surface area contributed by atoms with Gasteiger partial charge in [-0.2, -0.15) is 0 Å². The van der Waals surface area contributed by atoms with E-state index in [2.05, 4.69) is 45.5 Å². The number of hydrogen-bond donors (Lipinski definition) is 3. The van der Waals surface area contributed by atoms with Crippen LogP contribution in [0, 0.1) is 40.4 Å². The lowest BCUT2D eigenvalue weighted by Crippen LogP contribution is -2.54. The van der Waals surface area contributed by atoms with Crippen molar-refractivity contribution in [1.82, 2.24) is 10.2 Å². The highest BCUT2D eigenvalue weighted by Gasteiger charge is 2.60. The molecule has 0 bridgehead atoms. The molecule has 4 aliphatic rings. The summed E-state index contributed by atoms with van der Waals surface area (Å²) < 4.78 is 0.885. The molecule has 224 valence electrons. The lowest BCUT2D eigenvalue weighted by Gasteiger charge is -2.61.